The molecular weight excluding hydrogens is 515 g/mol. The lowest BCUT2D eigenvalue weighted by Crippen LogP contribution is -2.39. The van der Waals surface area contributed by atoms with Crippen molar-refractivity contribution in [1.82, 2.24) is 9.13 Å². The van der Waals surface area contributed by atoms with Gasteiger partial charge in [0, 0.05) is 41.4 Å². The van der Waals surface area contributed by atoms with Gasteiger partial charge in [0.25, 0.3) is 11.3 Å². The number of hydrogen-bond donors (Lipinski definition) is 2. The van der Waals surface area contributed by atoms with Crippen LogP contribution in [0.25, 0.3) is 16.6 Å². The highest BCUT2D eigenvalue weighted by molar-refractivity contribution is 6.08. The predicted molar refractivity (Wildman–Crippen MR) is 134 cm³/mol. The molecule has 4 rings (SSSR count). The van der Waals surface area contributed by atoms with Crippen LogP contribution in [0.5, 0.6) is 0 Å². The van der Waals surface area contributed by atoms with Gasteiger partial charge in [-0.3, -0.25) is 14.2 Å². The number of allylic oxidation sites excluding steroid dienone is 2. The number of hydrogen-bond acceptors (Lipinski definition) is 9. The van der Waals surface area contributed by atoms with Crippen molar-refractivity contribution < 1.29 is 28.8 Å². The summed E-state index contributed by atoms with van der Waals surface area (Å²) in [5.74, 6) is -1.54. The Morgan fingerprint density at radius 2 is 2.10 bits per heavy atom. The summed E-state index contributed by atoms with van der Waals surface area (Å²) in [5, 5.41) is 31.2. The Morgan fingerprint density at radius 3 is 2.79 bits per heavy atom. The molecule has 3 unspecified atom stereocenters. The topological polar surface area (TPSA) is 187 Å². The van der Waals surface area contributed by atoms with Crippen LogP contribution >= 0.6 is 0 Å². The first-order valence-corrected chi connectivity index (χ1v) is 11.7. The van der Waals surface area contributed by atoms with Crippen LogP contribution in [0.1, 0.15) is 23.8 Å². The molecule has 0 spiro atoms. The van der Waals surface area contributed by atoms with E-state index in [2.05, 4.69) is 20.4 Å². The summed E-state index contributed by atoms with van der Waals surface area (Å²) in [6.45, 7) is 1.45. The number of aromatic nitrogens is 2. The number of aliphatic hydroxyl groups excluding tert-OH is 2. The minimum Gasteiger partial charge on any atom is -0.504 e. The molecule has 2 aliphatic rings. The lowest BCUT2D eigenvalue weighted by Gasteiger charge is -2.16. The fraction of sp³-hybridized carbons (Fsp3) is 0.333. The number of halogens is 1. The van der Waals surface area contributed by atoms with Crippen LogP contribution in [-0.2, 0) is 16.1 Å². The Balaban J connectivity index is 1.46. The van der Waals surface area contributed by atoms with E-state index in [1.54, 1.807) is 12.1 Å². The average Bonchev–Trinajstić information content (AvgIpc) is 3.55. The molecule has 15 heteroatoms. The summed E-state index contributed by atoms with van der Waals surface area (Å²) in [7, 11) is 0. The smallest absolute Gasteiger partial charge is 0.337 e. The lowest BCUT2D eigenvalue weighted by molar-refractivity contribution is -0.591. The average molecular weight is 540 g/mol. The van der Waals surface area contributed by atoms with Crippen molar-refractivity contribution in [2.24, 2.45) is 15.4 Å². The van der Waals surface area contributed by atoms with E-state index in [0.29, 0.717) is 11.1 Å². The second kappa shape index (κ2) is 11.8. The molecule has 0 radical (unpaired) electrons. The Bertz CT molecular complexity index is 1570. The summed E-state index contributed by atoms with van der Waals surface area (Å²) in [5.41, 5.74) is 8.31. The summed E-state index contributed by atoms with van der Waals surface area (Å²) >= 11 is 0. The van der Waals surface area contributed by atoms with Gasteiger partial charge in [0.1, 0.15) is 23.8 Å². The van der Waals surface area contributed by atoms with Gasteiger partial charge in [0.05, 0.1) is 23.9 Å². The first kappa shape index (κ1) is 27.3. The number of carbonyl (C=O) groups is 1. The summed E-state index contributed by atoms with van der Waals surface area (Å²) in [6.07, 6.45) is 2.44. The molecule has 202 valence electrons. The van der Waals surface area contributed by atoms with Crippen molar-refractivity contribution in [2.75, 3.05) is 13.2 Å². The van der Waals surface area contributed by atoms with E-state index in [-0.39, 0.29) is 30.1 Å². The van der Waals surface area contributed by atoms with Crippen molar-refractivity contribution in [2.45, 2.75) is 38.3 Å². The number of carbonyl (C=O) groups excluding carboxylic acids is 1. The highest BCUT2D eigenvalue weighted by Gasteiger charge is 2.36. The van der Waals surface area contributed by atoms with Crippen LogP contribution in [0, 0.1) is 12.7 Å². The van der Waals surface area contributed by atoms with E-state index in [1.165, 1.54) is 30.0 Å². The quantitative estimate of drug-likeness (QED) is 0.122. The third kappa shape index (κ3) is 6.23. The molecule has 0 saturated carbocycles. The Labute approximate surface area is 219 Å². The van der Waals surface area contributed by atoms with E-state index in [4.69, 9.17) is 10.3 Å². The molecule has 1 fully saturated rings. The Hall–Kier alpha value is -4.72. The molecule has 39 heavy (non-hydrogen) atoms. The first-order chi connectivity index (χ1) is 18.7. The minimum atomic E-state index is -0.911. The number of aryl methyl sites for hydroxylation is 1. The van der Waals surface area contributed by atoms with Gasteiger partial charge in [-0.15, -0.1) is 0 Å². The fourth-order valence-corrected chi connectivity index (χ4v) is 4.08. The molecule has 2 aliphatic heterocycles. The molecular formula is C24H24FN8O6+. The van der Waals surface area contributed by atoms with Crippen molar-refractivity contribution >= 4 is 17.7 Å². The molecule has 2 aromatic rings. The molecule has 0 amide bonds. The molecule has 1 saturated heterocycles. The van der Waals surface area contributed by atoms with Gasteiger partial charge in [-0.1, -0.05) is 17.2 Å². The summed E-state index contributed by atoms with van der Waals surface area (Å²) in [4.78, 5) is 40.8. The Morgan fingerprint density at radius 1 is 1.36 bits per heavy atom. The standard InChI is InChI=1S/C24H23FN8O6/c1-14-10-33(22-9-18(27-29-26)21(13-34)39-22)24(38)32(23(14)37)7-6-17(35)8-20(36)19-12-31(30-28-19)11-15-2-4-16(25)5-3-15/h2-8,10,18,21-22,34H,9,11-13H2,1H3/p+1/b7-6+. The van der Waals surface area contributed by atoms with Crippen LogP contribution in [0.4, 0.5) is 4.39 Å². The molecule has 2 N–H and O–H groups in total. The third-order valence-electron chi connectivity index (χ3n) is 6.08. The Kier molecular flexibility index (Phi) is 8.24. The van der Waals surface area contributed by atoms with Gasteiger partial charge in [-0.05, 0) is 30.2 Å². The molecule has 1 aromatic heterocycles. The maximum Gasteiger partial charge on any atom is 0.337 e. The van der Waals surface area contributed by atoms with Gasteiger partial charge in [-0.25, -0.2) is 13.8 Å². The molecule has 3 atom stereocenters. The SMILES string of the molecule is Cc1cn(C2CC(N=[N+]=[N-])C(CO)O2)c(=O)n(/C=C/C(=O)/C=C(\O)C2=NN=[N+](Cc3ccc(F)cc3)C2)c1=O. The van der Waals surface area contributed by atoms with E-state index in [0.717, 1.165) is 28.5 Å². The normalized spacial score (nSPS) is 21.1. The van der Waals surface area contributed by atoms with Crippen LogP contribution in [0.2, 0.25) is 0 Å². The van der Waals surface area contributed by atoms with Crippen molar-refractivity contribution in [3.63, 3.8) is 0 Å². The molecule has 0 aliphatic carbocycles. The first-order valence-electron chi connectivity index (χ1n) is 11.7. The zero-order valence-electron chi connectivity index (χ0n) is 20.7. The zero-order valence-corrected chi connectivity index (χ0v) is 20.7. The van der Waals surface area contributed by atoms with Crippen molar-refractivity contribution in [3.8, 4) is 0 Å². The molecule has 14 nitrogen and oxygen atoms in total. The van der Waals surface area contributed by atoms with Gasteiger partial charge < -0.3 is 14.9 Å². The van der Waals surface area contributed by atoms with E-state index in [1.807, 2.05) is 0 Å². The third-order valence-corrected chi connectivity index (χ3v) is 6.08. The van der Waals surface area contributed by atoms with E-state index < -0.39 is 47.8 Å². The second-order valence-electron chi connectivity index (χ2n) is 8.83. The largest absolute Gasteiger partial charge is 0.504 e. The monoisotopic (exact) mass is 539 g/mol. The number of benzene rings is 1. The van der Waals surface area contributed by atoms with Crippen molar-refractivity contribution in [1.29, 1.82) is 0 Å². The number of azide groups is 1. The van der Waals surface area contributed by atoms with E-state index in [9.17, 15) is 29.0 Å². The highest BCUT2D eigenvalue weighted by atomic mass is 19.1. The summed E-state index contributed by atoms with van der Waals surface area (Å²) in [6, 6.07) is 5.11. The van der Waals surface area contributed by atoms with E-state index >= 15 is 0 Å². The molecule has 1 aromatic carbocycles. The van der Waals surface area contributed by atoms with Crippen molar-refractivity contribution in [3.05, 3.63) is 96.6 Å². The maximum absolute atomic E-state index is 13.1. The highest BCUT2D eigenvalue weighted by Crippen LogP contribution is 2.29. The number of nitrogens with zero attached hydrogens (tertiary/aromatic N) is 8. The van der Waals surface area contributed by atoms with Crippen LogP contribution in [0.15, 0.2) is 73.4 Å². The van der Waals surface area contributed by atoms with Gasteiger partial charge in [-0.2, -0.15) is 4.70 Å². The van der Waals surface area contributed by atoms with Gasteiger partial charge >= 0.3 is 5.69 Å². The maximum atomic E-state index is 13.1. The predicted octanol–water partition coefficient (Wildman–Crippen LogP) is 1.93. The second-order valence-corrected chi connectivity index (χ2v) is 8.83. The van der Waals surface area contributed by atoms with Gasteiger partial charge in [0.15, 0.2) is 18.1 Å². The summed E-state index contributed by atoms with van der Waals surface area (Å²) < 4.78 is 22.1. The van der Waals surface area contributed by atoms with Crippen LogP contribution < -0.4 is 11.2 Å². The number of rotatable bonds is 9. The molecule has 3 heterocycles. The molecule has 0 bridgehead atoms. The zero-order chi connectivity index (χ0) is 28.1. The number of ketones is 1. The minimum absolute atomic E-state index is 0.0947. The van der Waals surface area contributed by atoms with Crippen LogP contribution in [0.3, 0.4) is 0 Å². The van der Waals surface area contributed by atoms with Crippen LogP contribution in [-0.4, -0.2) is 60.8 Å². The number of aliphatic hydroxyl groups is 2. The lowest BCUT2D eigenvalue weighted by atomic mass is 10.1. The number of ether oxygens (including phenoxy) is 1. The van der Waals surface area contributed by atoms with Gasteiger partial charge in [0.2, 0.25) is 0 Å². The fourth-order valence-electron chi connectivity index (χ4n) is 4.08.